The number of hydrogen-bond acceptors (Lipinski definition) is 7. The third kappa shape index (κ3) is 6.74. The Bertz CT molecular complexity index is 1260. The molecule has 0 spiro atoms. The number of hydrogen-bond donors (Lipinski definition) is 1. The molecule has 1 N–H and O–H groups in total. The van der Waals surface area contributed by atoms with E-state index in [9.17, 15) is 9.59 Å². The predicted molar refractivity (Wildman–Crippen MR) is 140 cm³/mol. The zero-order valence-corrected chi connectivity index (χ0v) is 21.4. The van der Waals surface area contributed by atoms with Crippen molar-refractivity contribution in [2.24, 2.45) is 0 Å². The Morgan fingerprint density at radius 3 is 2.29 bits per heavy atom. The van der Waals surface area contributed by atoms with Crippen LogP contribution < -0.4 is 20.3 Å². The van der Waals surface area contributed by atoms with Crippen LogP contribution in [-0.2, 0) is 9.47 Å². The SMILES string of the molecule is O=c1[nH]c(=O)n(C2C=CC(OCP(Oc3ccccc3)Oc3ccccc3)O2)cc1C#CSI. The van der Waals surface area contributed by atoms with Gasteiger partial charge in [0.05, 0.1) is 0 Å². The van der Waals surface area contributed by atoms with Gasteiger partial charge in [0.1, 0.15) is 23.4 Å². The minimum absolute atomic E-state index is 0.116. The second-order valence-electron chi connectivity index (χ2n) is 6.73. The summed E-state index contributed by atoms with van der Waals surface area (Å²) in [5.41, 5.74) is -0.980. The summed E-state index contributed by atoms with van der Waals surface area (Å²) in [6, 6.07) is 18.7. The highest BCUT2D eigenvalue weighted by atomic mass is 127. The Morgan fingerprint density at radius 1 is 1.03 bits per heavy atom. The van der Waals surface area contributed by atoms with Crippen molar-refractivity contribution < 1.29 is 18.5 Å². The van der Waals surface area contributed by atoms with E-state index in [0.29, 0.717) is 11.5 Å². The smallest absolute Gasteiger partial charge is 0.330 e. The average molecular weight is 608 g/mol. The van der Waals surface area contributed by atoms with Crippen LogP contribution in [0.2, 0.25) is 0 Å². The van der Waals surface area contributed by atoms with Gasteiger partial charge in [-0.1, -0.05) is 36.4 Å². The number of benzene rings is 2. The van der Waals surface area contributed by atoms with Crippen LogP contribution in [0.3, 0.4) is 0 Å². The van der Waals surface area contributed by atoms with Crippen LogP contribution in [0, 0.1) is 11.2 Å². The van der Waals surface area contributed by atoms with Crippen molar-refractivity contribution in [3.8, 4) is 22.7 Å². The zero-order valence-electron chi connectivity index (χ0n) is 17.5. The number of para-hydroxylation sites is 2. The number of nitrogens with zero attached hydrogens (tertiary/aromatic N) is 1. The van der Waals surface area contributed by atoms with Crippen molar-refractivity contribution in [1.82, 2.24) is 9.55 Å². The van der Waals surface area contributed by atoms with Gasteiger partial charge in [-0.3, -0.25) is 14.3 Å². The fourth-order valence-corrected chi connectivity index (χ4v) is 4.51. The highest BCUT2D eigenvalue weighted by molar-refractivity contribution is 14.2. The van der Waals surface area contributed by atoms with Crippen molar-refractivity contribution in [2.75, 3.05) is 6.35 Å². The molecular weight excluding hydrogens is 590 g/mol. The lowest BCUT2D eigenvalue weighted by molar-refractivity contribution is -0.126. The van der Waals surface area contributed by atoms with E-state index in [4.69, 9.17) is 18.5 Å². The first-order chi connectivity index (χ1) is 16.6. The number of aromatic nitrogens is 2. The molecule has 0 amide bonds. The van der Waals surface area contributed by atoms with Crippen LogP contribution in [0.5, 0.6) is 11.5 Å². The molecule has 0 radical (unpaired) electrons. The Labute approximate surface area is 212 Å². The largest absolute Gasteiger partial charge is 0.437 e. The van der Waals surface area contributed by atoms with E-state index in [-0.39, 0.29) is 11.9 Å². The van der Waals surface area contributed by atoms with Crippen molar-refractivity contribution in [1.29, 1.82) is 0 Å². The summed E-state index contributed by atoms with van der Waals surface area (Å²) in [5.74, 6) is 4.03. The number of aromatic amines is 1. The molecular formula is C23H18IN2O6PS. The highest BCUT2D eigenvalue weighted by Gasteiger charge is 2.25. The molecule has 2 atom stereocenters. The maximum atomic E-state index is 12.3. The van der Waals surface area contributed by atoms with E-state index in [0.717, 1.165) is 0 Å². The first kappa shape index (κ1) is 24.6. The summed E-state index contributed by atoms with van der Waals surface area (Å²) in [5, 5.41) is 2.73. The van der Waals surface area contributed by atoms with Crippen molar-refractivity contribution in [2.45, 2.75) is 12.5 Å². The molecule has 2 heterocycles. The maximum Gasteiger partial charge on any atom is 0.330 e. The predicted octanol–water partition coefficient (Wildman–Crippen LogP) is 4.78. The van der Waals surface area contributed by atoms with E-state index in [1.165, 1.54) is 19.7 Å². The fourth-order valence-electron chi connectivity index (χ4n) is 2.91. The Hall–Kier alpha value is -2.55. The molecule has 0 saturated heterocycles. The summed E-state index contributed by atoms with van der Waals surface area (Å²) in [7, 11) is -0.254. The highest BCUT2D eigenvalue weighted by Crippen LogP contribution is 2.41. The number of rotatable bonds is 8. The number of ether oxygens (including phenoxy) is 2. The summed E-state index contributed by atoms with van der Waals surface area (Å²) < 4.78 is 25.0. The van der Waals surface area contributed by atoms with Crippen LogP contribution >= 0.6 is 38.5 Å². The van der Waals surface area contributed by atoms with E-state index in [2.05, 4.69) is 16.2 Å². The van der Waals surface area contributed by atoms with Gasteiger partial charge in [-0.2, -0.15) is 0 Å². The molecule has 4 rings (SSSR count). The molecule has 1 aliphatic rings. The van der Waals surface area contributed by atoms with E-state index >= 15 is 0 Å². The molecule has 8 nitrogen and oxygen atoms in total. The van der Waals surface area contributed by atoms with E-state index in [1.807, 2.05) is 81.9 Å². The molecule has 11 heteroatoms. The van der Waals surface area contributed by atoms with Gasteiger partial charge in [0, 0.05) is 27.4 Å². The van der Waals surface area contributed by atoms with Gasteiger partial charge in [0.2, 0.25) is 0 Å². The lowest BCUT2D eigenvalue weighted by Crippen LogP contribution is -2.33. The molecule has 3 aromatic rings. The van der Waals surface area contributed by atoms with Crippen molar-refractivity contribution in [3.05, 3.63) is 105 Å². The molecule has 0 fully saturated rings. The molecule has 1 aliphatic heterocycles. The first-order valence-corrected chi connectivity index (χ1v) is 14.7. The monoisotopic (exact) mass is 608 g/mol. The minimum atomic E-state index is -1.49. The Morgan fingerprint density at radius 2 is 1.68 bits per heavy atom. The molecule has 1 aromatic heterocycles. The lowest BCUT2D eigenvalue weighted by Gasteiger charge is -2.21. The summed E-state index contributed by atoms with van der Waals surface area (Å²) in [4.78, 5) is 26.5. The number of nitrogens with one attached hydrogen (secondary N) is 1. The van der Waals surface area contributed by atoms with Crippen LogP contribution in [0.15, 0.2) is 88.6 Å². The second-order valence-corrected chi connectivity index (χ2v) is 9.70. The number of H-pyrrole nitrogens is 1. The van der Waals surface area contributed by atoms with Gasteiger partial charge < -0.3 is 18.5 Å². The van der Waals surface area contributed by atoms with Crippen molar-refractivity contribution in [3.63, 3.8) is 0 Å². The maximum absolute atomic E-state index is 12.3. The number of halogens is 1. The minimum Gasteiger partial charge on any atom is -0.437 e. The summed E-state index contributed by atoms with van der Waals surface area (Å²) in [6.07, 6.45) is 3.37. The van der Waals surface area contributed by atoms with Gasteiger partial charge in [-0.15, -0.1) is 0 Å². The van der Waals surface area contributed by atoms with Gasteiger partial charge in [-0.05, 0) is 56.5 Å². The molecule has 0 aliphatic carbocycles. The molecule has 34 heavy (non-hydrogen) atoms. The van der Waals surface area contributed by atoms with Gasteiger partial charge in [-0.25, -0.2) is 4.79 Å². The quantitative estimate of drug-likeness (QED) is 0.170. The fraction of sp³-hybridized carbons (Fsp3) is 0.130. The lowest BCUT2D eigenvalue weighted by atomic mass is 10.3. The molecule has 2 unspecified atom stereocenters. The van der Waals surface area contributed by atoms with E-state index < -0.39 is 32.1 Å². The topological polar surface area (TPSA) is 91.8 Å². The zero-order chi connectivity index (χ0) is 23.8. The normalized spacial score (nSPS) is 16.8. The van der Waals surface area contributed by atoms with Crippen LogP contribution in [0.25, 0.3) is 0 Å². The van der Waals surface area contributed by atoms with Gasteiger partial charge in [0.15, 0.2) is 12.5 Å². The van der Waals surface area contributed by atoms with Gasteiger partial charge in [0.25, 0.3) is 5.56 Å². The Kier molecular flexibility index (Phi) is 8.85. The molecule has 2 aromatic carbocycles. The summed E-state index contributed by atoms with van der Waals surface area (Å²) >= 11 is 2.00. The van der Waals surface area contributed by atoms with Crippen LogP contribution in [0.4, 0.5) is 0 Å². The van der Waals surface area contributed by atoms with Crippen LogP contribution in [-0.4, -0.2) is 22.2 Å². The first-order valence-electron chi connectivity index (χ1n) is 9.95. The summed E-state index contributed by atoms with van der Waals surface area (Å²) in [6.45, 7) is 0. The van der Waals surface area contributed by atoms with E-state index in [1.54, 1.807) is 12.2 Å². The third-order valence-electron chi connectivity index (χ3n) is 4.42. The molecule has 0 bridgehead atoms. The second kappa shape index (κ2) is 12.2. The standard InChI is InChI=1S/C23H18IN2O6PS/c24-34-14-13-17-15-26(23(28)25-22(17)27)20-11-12-21(30-20)29-16-33(31-18-7-3-1-4-8-18)32-19-9-5-2-6-10-19/h1-12,15,20-21H,16H2,(H,25,27,28). The van der Waals surface area contributed by atoms with Crippen LogP contribution in [0.1, 0.15) is 11.8 Å². The molecule has 0 saturated carbocycles. The third-order valence-corrected chi connectivity index (χ3v) is 6.45. The average Bonchev–Trinajstić information content (AvgIpc) is 3.32. The Balaban J connectivity index is 1.42. The van der Waals surface area contributed by atoms with Gasteiger partial charge >= 0.3 is 14.1 Å². The van der Waals surface area contributed by atoms with Crippen molar-refractivity contribution >= 4 is 38.5 Å². The molecule has 174 valence electrons.